The van der Waals surface area contributed by atoms with Crippen LogP contribution in [0.15, 0.2) is 59.7 Å². The fourth-order valence-corrected chi connectivity index (χ4v) is 2.60. The predicted octanol–water partition coefficient (Wildman–Crippen LogP) is 3.76. The van der Waals surface area contributed by atoms with Gasteiger partial charge >= 0.3 is 0 Å². The Morgan fingerprint density at radius 3 is 2.10 bits per heavy atom. The molecule has 0 aromatic heterocycles. The van der Waals surface area contributed by atoms with Crippen LogP contribution in [0.25, 0.3) is 0 Å². The van der Waals surface area contributed by atoms with Gasteiger partial charge in [0.15, 0.2) is 11.6 Å². The van der Waals surface area contributed by atoms with E-state index in [1.165, 1.54) is 6.07 Å². The van der Waals surface area contributed by atoms with Gasteiger partial charge in [0.05, 0.1) is 0 Å². The lowest BCUT2D eigenvalue weighted by atomic mass is 9.82. The molecule has 0 bridgehead atoms. The van der Waals surface area contributed by atoms with Crippen LogP contribution in [0.1, 0.15) is 33.2 Å². The second-order valence-electron chi connectivity index (χ2n) is 5.08. The highest BCUT2D eigenvalue weighted by atomic mass is 19.1. The Bertz CT molecular complexity index is 787. The highest BCUT2D eigenvalue weighted by Gasteiger charge is 2.29. The third kappa shape index (κ3) is 2.21. The van der Waals surface area contributed by atoms with E-state index in [1.54, 1.807) is 49.4 Å². The first kappa shape index (κ1) is 13.4. The Labute approximate surface area is 121 Å². The number of ketones is 2. The molecule has 3 heteroatoms. The highest BCUT2D eigenvalue weighted by Crippen LogP contribution is 2.28. The molecule has 2 aromatic carbocycles. The van der Waals surface area contributed by atoms with E-state index in [4.69, 9.17) is 0 Å². The van der Waals surface area contributed by atoms with Crippen molar-refractivity contribution >= 4 is 11.6 Å². The zero-order valence-corrected chi connectivity index (χ0v) is 11.5. The number of hydrogen-bond donors (Lipinski definition) is 0. The number of hydrogen-bond acceptors (Lipinski definition) is 2. The highest BCUT2D eigenvalue weighted by molar-refractivity contribution is 6.26. The lowest BCUT2D eigenvalue weighted by Crippen LogP contribution is -2.22. The Morgan fingerprint density at radius 1 is 0.857 bits per heavy atom. The minimum atomic E-state index is -0.364. The Balaban J connectivity index is 2.07. The molecule has 104 valence electrons. The maximum absolute atomic E-state index is 13.8. The van der Waals surface area contributed by atoms with Crippen molar-refractivity contribution < 1.29 is 14.0 Å². The summed E-state index contributed by atoms with van der Waals surface area (Å²) in [6.45, 7) is 1.63. The van der Waals surface area contributed by atoms with Crippen LogP contribution in [0.5, 0.6) is 0 Å². The first-order valence-corrected chi connectivity index (χ1v) is 6.71. The van der Waals surface area contributed by atoms with E-state index in [9.17, 15) is 14.0 Å². The molecule has 0 saturated carbocycles. The summed E-state index contributed by atoms with van der Waals surface area (Å²) in [5, 5.41) is 0. The average molecular weight is 280 g/mol. The first-order valence-electron chi connectivity index (χ1n) is 6.71. The second kappa shape index (κ2) is 5.09. The second-order valence-corrected chi connectivity index (χ2v) is 5.08. The van der Waals surface area contributed by atoms with Crippen LogP contribution in [0.2, 0.25) is 0 Å². The van der Waals surface area contributed by atoms with Gasteiger partial charge in [-0.2, -0.15) is 0 Å². The minimum absolute atomic E-state index is 0.136. The Morgan fingerprint density at radius 2 is 1.43 bits per heavy atom. The Hall–Kier alpha value is -2.55. The summed E-state index contributed by atoms with van der Waals surface area (Å²) >= 11 is 0. The number of benzene rings is 2. The van der Waals surface area contributed by atoms with Crippen molar-refractivity contribution in [3.63, 3.8) is 0 Å². The zero-order chi connectivity index (χ0) is 15.0. The van der Waals surface area contributed by atoms with Gasteiger partial charge in [-0.25, -0.2) is 4.39 Å². The molecule has 0 spiro atoms. The molecule has 1 aliphatic rings. The zero-order valence-electron chi connectivity index (χ0n) is 11.5. The van der Waals surface area contributed by atoms with Gasteiger partial charge in [0.1, 0.15) is 5.82 Å². The van der Waals surface area contributed by atoms with Gasteiger partial charge in [-0.15, -0.1) is 0 Å². The van der Waals surface area contributed by atoms with Crippen LogP contribution in [0.3, 0.4) is 0 Å². The molecule has 0 radical (unpaired) electrons. The van der Waals surface area contributed by atoms with Crippen molar-refractivity contribution in [2.75, 3.05) is 0 Å². The molecule has 21 heavy (non-hydrogen) atoms. The molecular formula is C18H13FO2. The van der Waals surface area contributed by atoms with Crippen molar-refractivity contribution in [3.05, 3.63) is 82.2 Å². The summed E-state index contributed by atoms with van der Waals surface area (Å²) in [5.74, 6) is -0.709. The molecule has 0 unspecified atom stereocenters. The third-order valence-corrected chi connectivity index (χ3v) is 3.81. The Kier molecular flexibility index (Phi) is 3.26. The maximum Gasteiger partial charge on any atom is 0.190 e. The quantitative estimate of drug-likeness (QED) is 0.839. The molecule has 2 nitrogen and oxygen atoms in total. The smallest absolute Gasteiger partial charge is 0.190 e. The molecule has 0 fully saturated rings. The number of carbonyl (C=O) groups excluding carboxylic acids is 2. The lowest BCUT2D eigenvalue weighted by molar-refractivity contribution is 0.0973. The summed E-state index contributed by atoms with van der Waals surface area (Å²) in [4.78, 5) is 24.9. The standard InChI is InChI=1S/C18H13FO2/c1-11-15(10-12-6-2-5-9-16(12)19)18(21)14-8-4-3-7-13(14)17(11)20/h2-9H,10H2,1H3. The summed E-state index contributed by atoms with van der Waals surface area (Å²) in [6.07, 6.45) is 0.136. The number of Topliss-reactive ketones (excluding diaryl/α,β-unsaturated/α-hetero) is 2. The van der Waals surface area contributed by atoms with Gasteiger partial charge in [0.25, 0.3) is 0 Å². The largest absolute Gasteiger partial charge is 0.289 e. The van der Waals surface area contributed by atoms with Gasteiger partial charge in [-0.1, -0.05) is 42.5 Å². The number of halogens is 1. The molecule has 0 saturated heterocycles. The number of allylic oxidation sites excluding steroid dienone is 2. The van der Waals surface area contributed by atoms with Gasteiger partial charge < -0.3 is 0 Å². The van der Waals surface area contributed by atoms with E-state index in [1.807, 2.05) is 0 Å². The van der Waals surface area contributed by atoms with Crippen LogP contribution >= 0.6 is 0 Å². The monoisotopic (exact) mass is 280 g/mol. The molecule has 1 aliphatic carbocycles. The molecule has 3 rings (SSSR count). The van der Waals surface area contributed by atoms with Crippen molar-refractivity contribution in [1.82, 2.24) is 0 Å². The molecule has 0 atom stereocenters. The average Bonchev–Trinajstić information content (AvgIpc) is 2.51. The van der Waals surface area contributed by atoms with E-state index in [-0.39, 0.29) is 23.8 Å². The van der Waals surface area contributed by atoms with E-state index in [0.29, 0.717) is 27.8 Å². The van der Waals surface area contributed by atoms with Gasteiger partial charge in [0, 0.05) is 28.7 Å². The fourth-order valence-electron chi connectivity index (χ4n) is 2.60. The fraction of sp³-hybridized carbons (Fsp3) is 0.111. The maximum atomic E-state index is 13.8. The van der Waals surface area contributed by atoms with E-state index < -0.39 is 0 Å². The van der Waals surface area contributed by atoms with Crippen LogP contribution < -0.4 is 0 Å². The van der Waals surface area contributed by atoms with Crippen LogP contribution in [0.4, 0.5) is 4.39 Å². The van der Waals surface area contributed by atoms with E-state index in [2.05, 4.69) is 0 Å². The minimum Gasteiger partial charge on any atom is -0.289 e. The molecule has 0 amide bonds. The first-order chi connectivity index (χ1) is 10.1. The number of rotatable bonds is 2. The molecule has 0 N–H and O–H groups in total. The molecule has 2 aromatic rings. The van der Waals surface area contributed by atoms with Crippen molar-refractivity contribution in [1.29, 1.82) is 0 Å². The summed E-state index contributed by atoms with van der Waals surface area (Å²) in [7, 11) is 0. The van der Waals surface area contributed by atoms with Crippen LogP contribution in [-0.4, -0.2) is 11.6 Å². The number of carbonyl (C=O) groups is 2. The van der Waals surface area contributed by atoms with Crippen LogP contribution in [0, 0.1) is 5.82 Å². The van der Waals surface area contributed by atoms with E-state index in [0.717, 1.165) is 0 Å². The van der Waals surface area contributed by atoms with Crippen LogP contribution in [-0.2, 0) is 6.42 Å². The van der Waals surface area contributed by atoms with Crippen molar-refractivity contribution in [2.24, 2.45) is 0 Å². The molecular weight excluding hydrogens is 267 g/mol. The number of fused-ring (bicyclic) bond motifs is 1. The normalized spacial score (nSPS) is 14.4. The third-order valence-electron chi connectivity index (χ3n) is 3.81. The molecule has 0 heterocycles. The van der Waals surface area contributed by atoms with Gasteiger partial charge in [-0.05, 0) is 18.6 Å². The molecule has 0 aliphatic heterocycles. The summed E-state index contributed by atoms with van der Waals surface area (Å²) in [6, 6.07) is 13.1. The SMILES string of the molecule is CC1=C(Cc2ccccc2F)C(=O)c2ccccc2C1=O. The lowest BCUT2D eigenvalue weighted by Gasteiger charge is -2.19. The van der Waals surface area contributed by atoms with E-state index >= 15 is 0 Å². The topological polar surface area (TPSA) is 34.1 Å². The summed E-state index contributed by atoms with van der Waals surface area (Å²) in [5.41, 5.74) is 2.04. The predicted molar refractivity (Wildman–Crippen MR) is 77.9 cm³/mol. The van der Waals surface area contributed by atoms with Crippen molar-refractivity contribution in [3.8, 4) is 0 Å². The van der Waals surface area contributed by atoms with Crippen molar-refractivity contribution in [2.45, 2.75) is 13.3 Å². The van der Waals surface area contributed by atoms with Gasteiger partial charge in [0.2, 0.25) is 0 Å². The van der Waals surface area contributed by atoms with Gasteiger partial charge in [-0.3, -0.25) is 9.59 Å². The summed E-state index contributed by atoms with van der Waals surface area (Å²) < 4.78 is 13.8.